The fraction of sp³-hybridized carbons (Fsp3) is 0.222. The number of hydrogen-bond acceptors (Lipinski definition) is 4. The topological polar surface area (TPSA) is 98.9 Å². The summed E-state index contributed by atoms with van der Waals surface area (Å²) in [6.07, 6.45) is 4.28. The maximum Gasteiger partial charge on any atom is 0.327 e. The van der Waals surface area contributed by atoms with E-state index >= 15 is 0 Å². The Balaban J connectivity index is 1.80. The predicted octanol–water partition coefficient (Wildman–Crippen LogP) is 1.59. The lowest BCUT2D eigenvalue weighted by atomic mass is 10.1. The molecule has 0 atom stereocenters. The molecule has 4 rings (SSSR count). The van der Waals surface area contributed by atoms with Gasteiger partial charge in [-0.2, -0.15) is 0 Å². The molecule has 7 heteroatoms. The predicted molar refractivity (Wildman–Crippen MR) is 94.0 cm³/mol. The zero-order chi connectivity index (χ0) is 17.4. The van der Waals surface area contributed by atoms with E-state index in [1.807, 2.05) is 24.3 Å². The van der Waals surface area contributed by atoms with Crippen molar-refractivity contribution in [3.8, 4) is 0 Å². The molecule has 0 saturated heterocycles. The van der Waals surface area contributed by atoms with Crippen LogP contribution in [-0.4, -0.2) is 27.4 Å². The van der Waals surface area contributed by atoms with Gasteiger partial charge in [0.25, 0.3) is 11.5 Å². The van der Waals surface area contributed by atoms with Crippen LogP contribution in [0.2, 0.25) is 0 Å². The minimum absolute atomic E-state index is 0.168. The van der Waals surface area contributed by atoms with E-state index in [0.29, 0.717) is 12.1 Å². The van der Waals surface area contributed by atoms with Crippen molar-refractivity contribution in [3.63, 3.8) is 0 Å². The summed E-state index contributed by atoms with van der Waals surface area (Å²) in [5, 5.41) is 0.188. The first kappa shape index (κ1) is 15.3. The number of aromatic nitrogens is 3. The number of pyridine rings is 1. The zero-order valence-electron chi connectivity index (χ0n) is 13.4. The number of benzene rings is 1. The van der Waals surface area contributed by atoms with E-state index in [9.17, 15) is 14.4 Å². The maximum absolute atomic E-state index is 13.0. The molecule has 0 unspecified atom stereocenters. The van der Waals surface area contributed by atoms with Crippen LogP contribution in [0.1, 0.15) is 28.8 Å². The number of hydrogen-bond donors (Lipinski definition) is 2. The third-order valence-corrected chi connectivity index (χ3v) is 4.44. The van der Waals surface area contributed by atoms with Gasteiger partial charge in [0.05, 0.1) is 10.9 Å². The summed E-state index contributed by atoms with van der Waals surface area (Å²) < 4.78 is 0. The third kappa shape index (κ3) is 2.73. The summed E-state index contributed by atoms with van der Waals surface area (Å²) in [6.45, 7) is 0.621. The fourth-order valence-corrected chi connectivity index (χ4v) is 3.22. The van der Waals surface area contributed by atoms with Crippen LogP contribution in [0.5, 0.6) is 0 Å². The van der Waals surface area contributed by atoms with E-state index in [-0.39, 0.29) is 16.9 Å². The molecular formula is C18H16N4O3. The number of anilines is 1. The number of rotatable bonds is 1. The van der Waals surface area contributed by atoms with Crippen LogP contribution in [0.3, 0.4) is 0 Å². The van der Waals surface area contributed by atoms with Crippen molar-refractivity contribution in [3.05, 3.63) is 68.5 Å². The minimum Gasteiger partial charge on any atom is -0.308 e. The van der Waals surface area contributed by atoms with E-state index < -0.39 is 11.2 Å². The van der Waals surface area contributed by atoms with Crippen molar-refractivity contribution in [2.24, 2.45) is 0 Å². The second-order valence-electron chi connectivity index (χ2n) is 6.07. The van der Waals surface area contributed by atoms with Gasteiger partial charge in [-0.1, -0.05) is 18.2 Å². The normalized spacial score (nSPS) is 14.2. The molecule has 0 fully saturated rings. The Kier molecular flexibility index (Phi) is 3.68. The summed E-state index contributed by atoms with van der Waals surface area (Å²) in [5.74, 6) is -0.200. The summed E-state index contributed by atoms with van der Waals surface area (Å²) in [5.41, 5.74) is 1.36. The number of nitrogens with zero attached hydrogens (tertiary/aromatic N) is 2. The lowest BCUT2D eigenvalue weighted by Gasteiger charge is -2.23. The first-order chi connectivity index (χ1) is 12.1. The lowest BCUT2D eigenvalue weighted by Crippen LogP contribution is -2.32. The van der Waals surface area contributed by atoms with Crippen LogP contribution < -0.4 is 16.1 Å². The van der Waals surface area contributed by atoms with Crippen molar-refractivity contribution in [2.75, 3.05) is 11.4 Å². The molecule has 126 valence electrons. The number of aromatic amines is 2. The molecule has 1 aromatic carbocycles. The summed E-state index contributed by atoms with van der Waals surface area (Å²) in [6, 6.07) is 9.35. The number of nitrogens with one attached hydrogen (secondary N) is 2. The van der Waals surface area contributed by atoms with Crippen LogP contribution in [0.4, 0.5) is 5.69 Å². The molecule has 1 amide bonds. The fourth-order valence-electron chi connectivity index (χ4n) is 3.22. The molecule has 1 aliphatic heterocycles. The van der Waals surface area contributed by atoms with E-state index in [1.165, 1.54) is 12.3 Å². The van der Waals surface area contributed by atoms with Crippen LogP contribution in [-0.2, 0) is 6.42 Å². The molecule has 0 saturated carbocycles. The molecule has 1 aliphatic rings. The minimum atomic E-state index is -0.620. The molecule has 3 aromatic rings. The van der Waals surface area contributed by atoms with Gasteiger partial charge >= 0.3 is 5.69 Å². The molecule has 3 heterocycles. The molecular weight excluding hydrogens is 320 g/mol. The van der Waals surface area contributed by atoms with Crippen molar-refractivity contribution in [1.82, 2.24) is 15.0 Å². The van der Waals surface area contributed by atoms with Crippen molar-refractivity contribution in [2.45, 2.75) is 19.3 Å². The third-order valence-electron chi connectivity index (χ3n) is 4.44. The Labute approximate surface area is 142 Å². The van der Waals surface area contributed by atoms with Gasteiger partial charge in [0, 0.05) is 18.4 Å². The van der Waals surface area contributed by atoms with Gasteiger partial charge in [-0.25, -0.2) is 9.78 Å². The number of carbonyl (C=O) groups is 1. The van der Waals surface area contributed by atoms with Gasteiger partial charge < -0.3 is 4.90 Å². The van der Waals surface area contributed by atoms with Crippen LogP contribution >= 0.6 is 0 Å². The van der Waals surface area contributed by atoms with E-state index in [0.717, 1.165) is 30.5 Å². The summed E-state index contributed by atoms with van der Waals surface area (Å²) in [7, 11) is 0. The molecule has 0 spiro atoms. The van der Waals surface area contributed by atoms with Gasteiger partial charge in [-0.15, -0.1) is 0 Å². The quantitative estimate of drug-likeness (QED) is 0.705. The molecule has 0 radical (unpaired) electrons. The number of fused-ring (bicyclic) bond motifs is 2. The first-order valence-corrected chi connectivity index (χ1v) is 8.15. The molecule has 7 nitrogen and oxygen atoms in total. The molecule has 0 bridgehead atoms. The van der Waals surface area contributed by atoms with Gasteiger partial charge in [-0.05, 0) is 37.0 Å². The van der Waals surface area contributed by atoms with Crippen molar-refractivity contribution in [1.29, 1.82) is 0 Å². The molecule has 25 heavy (non-hydrogen) atoms. The molecule has 0 aliphatic carbocycles. The average molecular weight is 336 g/mol. The van der Waals surface area contributed by atoms with Crippen LogP contribution in [0.15, 0.2) is 46.1 Å². The van der Waals surface area contributed by atoms with Gasteiger partial charge in [0.2, 0.25) is 0 Å². The second-order valence-corrected chi connectivity index (χ2v) is 6.07. The smallest absolute Gasteiger partial charge is 0.308 e. The second kappa shape index (κ2) is 6.01. The van der Waals surface area contributed by atoms with Gasteiger partial charge in [0.15, 0.2) is 0 Å². The average Bonchev–Trinajstić information content (AvgIpc) is 2.83. The highest BCUT2D eigenvalue weighted by molar-refractivity contribution is 6.07. The first-order valence-electron chi connectivity index (χ1n) is 8.15. The van der Waals surface area contributed by atoms with Crippen LogP contribution in [0, 0.1) is 0 Å². The Bertz CT molecular complexity index is 1080. The Morgan fingerprint density at radius 2 is 1.96 bits per heavy atom. The van der Waals surface area contributed by atoms with E-state index in [1.54, 1.807) is 4.90 Å². The van der Waals surface area contributed by atoms with E-state index in [4.69, 9.17) is 0 Å². The molecule has 2 N–H and O–H groups in total. The summed E-state index contributed by atoms with van der Waals surface area (Å²) >= 11 is 0. The number of para-hydroxylation sites is 1. The molecule has 2 aromatic heterocycles. The largest absolute Gasteiger partial charge is 0.327 e. The van der Waals surface area contributed by atoms with Crippen molar-refractivity contribution < 1.29 is 4.79 Å². The van der Waals surface area contributed by atoms with Gasteiger partial charge in [0.1, 0.15) is 5.65 Å². The lowest BCUT2D eigenvalue weighted by molar-refractivity contribution is 0.0987. The number of aryl methyl sites for hydroxylation is 1. The summed E-state index contributed by atoms with van der Waals surface area (Å²) in [4.78, 5) is 46.7. The number of amides is 1. The standard InChI is InChI=1S/C18H16N4O3/c23-16-13-9-12(10-19-15(13)20-18(25)21-16)17(24)22-8-4-3-6-11-5-1-2-7-14(11)22/h1-2,5,7,9-10H,3-4,6,8H2,(H2,19,20,21,23,25). The highest BCUT2D eigenvalue weighted by Crippen LogP contribution is 2.27. The van der Waals surface area contributed by atoms with Crippen molar-refractivity contribution >= 4 is 22.6 Å². The number of H-pyrrole nitrogens is 2. The Morgan fingerprint density at radius 3 is 2.84 bits per heavy atom. The Morgan fingerprint density at radius 1 is 1.12 bits per heavy atom. The Hall–Kier alpha value is -3.22. The zero-order valence-corrected chi connectivity index (χ0v) is 13.4. The maximum atomic E-state index is 13.0. The van der Waals surface area contributed by atoms with Crippen LogP contribution in [0.25, 0.3) is 11.0 Å². The monoisotopic (exact) mass is 336 g/mol. The highest BCUT2D eigenvalue weighted by Gasteiger charge is 2.22. The highest BCUT2D eigenvalue weighted by atomic mass is 16.2. The number of carbonyl (C=O) groups excluding carboxylic acids is 1. The van der Waals surface area contributed by atoms with Gasteiger partial charge in [-0.3, -0.25) is 19.6 Å². The van der Waals surface area contributed by atoms with E-state index in [2.05, 4.69) is 15.0 Å². The SMILES string of the molecule is O=C(c1cnc2[nH]c(=O)[nH]c(=O)c2c1)N1CCCCc2ccccc21.